The van der Waals surface area contributed by atoms with E-state index in [2.05, 4.69) is 13.0 Å². The van der Waals surface area contributed by atoms with E-state index in [9.17, 15) is 0 Å². The van der Waals surface area contributed by atoms with Gasteiger partial charge >= 0.3 is 0 Å². The van der Waals surface area contributed by atoms with Crippen LogP contribution in [0.1, 0.15) is 58.8 Å². The Labute approximate surface area is 88.3 Å². The van der Waals surface area contributed by atoms with Gasteiger partial charge in [0.1, 0.15) is 6.10 Å². The molecule has 0 aromatic heterocycles. The SMILES string of the molecule is CCCCCCCCOC(C#N)CC. The molecule has 0 saturated carbocycles. The molecular weight excluding hydrogens is 174 g/mol. The maximum Gasteiger partial charge on any atom is 0.143 e. The summed E-state index contributed by atoms with van der Waals surface area (Å²) in [4.78, 5) is 0. The summed E-state index contributed by atoms with van der Waals surface area (Å²) in [5, 5.41) is 8.62. The van der Waals surface area contributed by atoms with Gasteiger partial charge < -0.3 is 4.74 Å². The second-order valence-electron chi connectivity index (χ2n) is 3.66. The predicted octanol–water partition coefficient (Wildman–Crippen LogP) is 3.67. The molecular formula is C12H23NO. The van der Waals surface area contributed by atoms with Crippen molar-refractivity contribution in [2.75, 3.05) is 6.61 Å². The summed E-state index contributed by atoms with van der Waals surface area (Å²) in [6, 6.07) is 2.14. The van der Waals surface area contributed by atoms with Crippen LogP contribution in [0, 0.1) is 11.3 Å². The molecule has 0 saturated heterocycles. The largest absolute Gasteiger partial charge is 0.363 e. The van der Waals surface area contributed by atoms with Crippen molar-refractivity contribution in [2.45, 2.75) is 64.9 Å². The molecule has 1 atom stereocenters. The third-order valence-electron chi connectivity index (χ3n) is 2.33. The molecule has 0 N–H and O–H groups in total. The van der Waals surface area contributed by atoms with E-state index in [-0.39, 0.29) is 6.10 Å². The Balaban J connectivity index is 3.09. The molecule has 0 amide bonds. The number of hydrogen-bond donors (Lipinski definition) is 0. The molecule has 82 valence electrons. The number of hydrogen-bond acceptors (Lipinski definition) is 2. The van der Waals surface area contributed by atoms with E-state index in [0.717, 1.165) is 19.4 Å². The highest BCUT2D eigenvalue weighted by Gasteiger charge is 2.02. The molecule has 0 radical (unpaired) electrons. The van der Waals surface area contributed by atoms with Crippen molar-refractivity contribution in [2.24, 2.45) is 0 Å². The molecule has 0 aliphatic rings. The average Bonchev–Trinajstić information content (AvgIpc) is 2.22. The van der Waals surface area contributed by atoms with Crippen LogP contribution in [0.25, 0.3) is 0 Å². The predicted molar refractivity (Wildman–Crippen MR) is 59.0 cm³/mol. The molecule has 0 aromatic carbocycles. The maximum atomic E-state index is 8.62. The van der Waals surface area contributed by atoms with Crippen molar-refractivity contribution >= 4 is 0 Å². The topological polar surface area (TPSA) is 33.0 Å². The molecule has 0 aliphatic carbocycles. The van der Waals surface area contributed by atoms with Crippen LogP contribution in [0.4, 0.5) is 0 Å². The van der Waals surface area contributed by atoms with Crippen LogP contribution in [0.15, 0.2) is 0 Å². The molecule has 0 rings (SSSR count). The summed E-state index contributed by atoms with van der Waals surface area (Å²) >= 11 is 0. The van der Waals surface area contributed by atoms with E-state index in [1.807, 2.05) is 6.92 Å². The van der Waals surface area contributed by atoms with E-state index in [1.165, 1.54) is 32.1 Å². The van der Waals surface area contributed by atoms with E-state index < -0.39 is 0 Å². The second-order valence-corrected chi connectivity index (χ2v) is 3.66. The first-order chi connectivity index (χ1) is 6.85. The van der Waals surface area contributed by atoms with Gasteiger partial charge in [-0.1, -0.05) is 46.0 Å². The Morgan fingerprint density at radius 1 is 1.07 bits per heavy atom. The van der Waals surface area contributed by atoms with Crippen LogP contribution in [0.5, 0.6) is 0 Å². The Kier molecular flexibility index (Phi) is 10.1. The molecule has 0 heterocycles. The maximum absolute atomic E-state index is 8.62. The van der Waals surface area contributed by atoms with E-state index >= 15 is 0 Å². The van der Waals surface area contributed by atoms with Gasteiger partial charge in [-0.3, -0.25) is 0 Å². The highest BCUT2D eigenvalue weighted by atomic mass is 16.5. The van der Waals surface area contributed by atoms with Crippen molar-refractivity contribution in [3.05, 3.63) is 0 Å². The van der Waals surface area contributed by atoms with Crippen LogP contribution in [-0.2, 0) is 4.74 Å². The fourth-order valence-electron chi connectivity index (χ4n) is 1.35. The van der Waals surface area contributed by atoms with Crippen LogP contribution in [0.3, 0.4) is 0 Å². The van der Waals surface area contributed by atoms with Crippen molar-refractivity contribution in [3.8, 4) is 6.07 Å². The zero-order chi connectivity index (χ0) is 10.6. The van der Waals surface area contributed by atoms with Gasteiger partial charge in [0.05, 0.1) is 6.07 Å². The third kappa shape index (κ3) is 8.07. The van der Waals surface area contributed by atoms with Crippen LogP contribution < -0.4 is 0 Å². The minimum atomic E-state index is -0.189. The van der Waals surface area contributed by atoms with Crippen LogP contribution in [-0.4, -0.2) is 12.7 Å². The zero-order valence-electron chi connectivity index (χ0n) is 9.59. The lowest BCUT2D eigenvalue weighted by atomic mass is 10.1. The van der Waals surface area contributed by atoms with Gasteiger partial charge in [-0.2, -0.15) is 5.26 Å². The minimum Gasteiger partial charge on any atom is -0.363 e. The van der Waals surface area contributed by atoms with Gasteiger partial charge in [0, 0.05) is 6.61 Å². The Morgan fingerprint density at radius 3 is 2.29 bits per heavy atom. The first-order valence-corrected chi connectivity index (χ1v) is 5.86. The zero-order valence-corrected chi connectivity index (χ0v) is 9.59. The van der Waals surface area contributed by atoms with E-state index in [4.69, 9.17) is 10.00 Å². The number of nitriles is 1. The fourth-order valence-corrected chi connectivity index (χ4v) is 1.35. The summed E-state index contributed by atoms with van der Waals surface area (Å²) < 4.78 is 5.39. The fraction of sp³-hybridized carbons (Fsp3) is 0.917. The van der Waals surface area contributed by atoms with Gasteiger partial charge in [-0.25, -0.2) is 0 Å². The van der Waals surface area contributed by atoms with Crippen molar-refractivity contribution in [1.82, 2.24) is 0 Å². The number of unbranched alkanes of at least 4 members (excludes halogenated alkanes) is 5. The average molecular weight is 197 g/mol. The quantitative estimate of drug-likeness (QED) is 0.528. The van der Waals surface area contributed by atoms with Gasteiger partial charge in [0.25, 0.3) is 0 Å². The normalized spacial score (nSPS) is 12.4. The Bertz CT molecular complexity index is 151. The molecule has 0 spiro atoms. The highest BCUT2D eigenvalue weighted by molar-refractivity contribution is 4.82. The summed E-state index contributed by atoms with van der Waals surface area (Å²) in [5.74, 6) is 0. The lowest BCUT2D eigenvalue weighted by Gasteiger charge is -2.07. The molecule has 0 bridgehead atoms. The smallest absolute Gasteiger partial charge is 0.143 e. The lowest BCUT2D eigenvalue weighted by Crippen LogP contribution is -2.09. The summed E-state index contributed by atoms with van der Waals surface area (Å²) in [6.45, 7) is 4.95. The summed E-state index contributed by atoms with van der Waals surface area (Å²) in [5.41, 5.74) is 0. The van der Waals surface area contributed by atoms with E-state index in [0.29, 0.717) is 0 Å². The van der Waals surface area contributed by atoms with Crippen molar-refractivity contribution in [3.63, 3.8) is 0 Å². The lowest BCUT2D eigenvalue weighted by molar-refractivity contribution is 0.0843. The van der Waals surface area contributed by atoms with Crippen molar-refractivity contribution < 1.29 is 4.74 Å². The Hall–Kier alpha value is -0.550. The van der Waals surface area contributed by atoms with Crippen LogP contribution >= 0.6 is 0 Å². The molecule has 0 fully saturated rings. The van der Waals surface area contributed by atoms with Gasteiger partial charge in [0.15, 0.2) is 0 Å². The summed E-state index contributed by atoms with van der Waals surface area (Å²) in [6.07, 6.45) is 8.23. The number of nitrogens with zero attached hydrogens (tertiary/aromatic N) is 1. The van der Waals surface area contributed by atoms with Gasteiger partial charge in [-0.05, 0) is 12.8 Å². The minimum absolute atomic E-state index is 0.189. The first kappa shape index (κ1) is 13.4. The summed E-state index contributed by atoms with van der Waals surface area (Å²) in [7, 11) is 0. The molecule has 1 unspecified atom stereocenters. The molecule has 0 aromatic rings. The third-order valence-corrected chi connectivity index (χ3v) is 2.33. The van der Waals surface area contributed by atoms with Crippen molar-refractivity contribution in [1.29, 1.82) is 5.26 Å². The monoisotopic (exact) mass is 197 g/mol. The second kappa shape index (κ2) is 10.5. The first-order valence-electron chi connectivity index (χ1n) is 5.86. The standard InChI is InChI=1S/C12H23NO/c1-3-5-6-7-8-9-10-14-12(4-2)11-13/h12H,3-10H2,1-2H3. The Morgan fingerprint density at radius 2 is 1.71 bits per heavy atom. The number of ether oxygens (including phenoxy) is 1. The molecule has 2 heteroatoms. The van der Waals surface area contributed by atoms with Crippen LogP contribution in [0.2, 0.25) is 0 Å². The number of rotatable bonds is 9. The highest BCUT2D eigenvalue weighted by Crippen LogP contribution is 2.06. The molecule has 14 heavy (non-hydrogen) atoms. The van der Waals surface area contributed by atoms with Gasteiger partial charge in [0.2, 0.25) is 0 Å². The van der Waals surface area contributed by atoms with E-state index in [1.54, 1.807) is 0 Å². The van der Waals surface area contributed by atoms with Gasteiger partial charge in [-0.15, -0.1) is 0 Å². The molecule has 0 aliphatic heterocycles. The molecule has 2 nitrogen and oxygen atoms in total.